The second-order valence-electron chi connectivity index (χ2n) is 16.2. The van der Waals surface area contributed by atoms with Gasteiger partial charge in [-0.1, -0.05) is 6.07 Å². The molecule has 4 heterocycles. The van der Waals surface area contributed by atoms with Crippen LogP contribution in [0.25, 0.3) is 10.9 Å². The molecule has 340 valence electrons. The van der Waals surface area contributed by atoms with Crippen LogP contribution in [-0.2, 0) is 39.7 Å². The molecule has 6 rings (SSSR count). The molecule has 0 spiro atoms. The maximum Gasteiger partial charge on any atom is 0.416 e. The topological polar surface area (TPSA) is 217 Å². The van der Waals surface area contributed by atoms with Crippen molar-refractivity contribution in [1.82, 2.24) is 46.0 Å². The van der Waals surface area contributed by atoms with E-state index in [9.17, 15) is 41.9 Å². The van der Waals surface area contributed by atoms with Crippen LogP contribution in [0.1, 0.15) is 81.4 Å². The van der Waals surface area contributed by atoms with Crippen LogP contribution < -0.4 is 26.6 Å². The SMILES string of the molecule is CN1C(=O)C[C@H](C(=O)NCCCC(=O)NCCCOCCC(=O)NC2CCC(C(=O)NCCN3CC[C@H](Nc4ncnc5ccc(C(F)(F)F)cc45)C3=O)CC2)[C@H]1c1cccnc1. The van der Waals surface area contributed by atoms with Gasteiger partial charge in [-0.25, -0.2) is 9.97 Å². The third-order valence-electron chi connectivity index (χ3n) is 11.8. The normalized spacial score (nSPS) is 21.4. The molecule has 1 aliphatic carbocycles. The molecule has 1 aromatic carbocycles. The first-order chi connectivity index (χ1) is 30.3. The minimum atomic E-state index is -4.54. The molecule has 5 N–H and O–H groups in total. The molecule has 0 radical (unpaired) electrons. The van der Waals surface area contributed by atoms with Crippen LogP contribution >= 0.6 is 0 Å². The van der Waals surface area contributed by atoms with Crippen molar-refractivity contribution < 1.29 is 46.7 Å². The molecule has 0 bridgehead atoms. The second-order valence-corrected chi connectivity index (χ2v) is 16.2. The zero-order valence-corrected chi connectivity index (χ0v) is 35.3. The molecular formula is C43H55F3N10O7. The molecule has 3 atom stereocenters. The number of hydrogen-bond donors (Lipinski definition) is 5. The number of benzene rings is 1. The summed E-state index contributed by atoms with van der Waals surface area (Å²) in [5.41, 5.74) is 0.286. The molecule has 0 unspecified atom stereocenters. The number of anilines is 1. The van der Waals surface area contributed by atoms with Crippen LogP contribution in [0.4, 0.5) is 19.0 Å². The summed E-state index contributed by atoms with van der Waals surface area (Å²) >= 11 is 0. The van der Waals surface area contributed by atoms with Gasteiger partial charge < -0.3 is 41.1 Å². The molecule has 20 heteroatoms. The Morgan fingerprint density at radius 2 is 1.65 bits per heavy atom. The number of nitrogens with zero attached hydrogens (tertiary/aromatic N) is 5. The Labute approximate surface area is 363 Å². The van der Waals surface area contributed by atoms with Crippen molar-refractivity contribution >= 4 is 52.2 Å². The third kappa shape index (κ3) is 12.8. The Morgan fingerprint density at radius 3 is 2.41 bits per heavy atom. The lowest BCUT2D eigenvalue weighted by Gasteiger charge is -2.28. The first-order valence-corrected chi connectivity index (χ1v) is 21.5. The fourth-order valence-corrected chi connectivity index (χ4v) is 8.33. The van der Waals surface area contributed by atoms with Gasteiger partial charge in [0.05, 0.1) is 29.6 Å². The van der Waals surface area contributed by atoms with Crippen molar-refractivity contribution in [3.8, 4) is 0 Å². The van der Waals surface area contributed by atoms with Gasteiger partial charge in [0.2, 0.25) is 35.4 Å². The first kappa shape index (κ1) is 46.6. The van der Waals surface area contributed by atoms with E-state index < -0.39 is 23.7 Å². The Bertz CT molecular complexity index is 2090. The molecule has 2 aliphatic heterocycles. The van der Waals surface area contributed by atoms with Crippen molar-refractivity contribution in [2.75, 3.05) is 58.3 Å². The maximum atomic E-state index is 13.3. The molecule has 3 aromatic rings. The summed E-state index contributed by atoms with van der Waals surface area (Å²) < 4.78 is 45.5. The zero-order chi connectivity index (χ0) is 44.9. The first-order valence-electron chi connectivity index (χ1n) is 21.5. The predicted molar refractivity (Wildman–Crippen MR) is 223 cm³/mol. The molecular weight excluding hydrogens is 826 g/mol. The molecule has 1 saturated carbocycles. The monoisotopic (exact) mass is 880 g/mol. The predicted octanol–water partition coefficient (Wildman–Crippen LogP) is 2.88. The van der Waals surface area contributed by atoms with Gasteiger partial charge >= 0.3 is 6.18 Å². The average Bonchev–Trinajstić information content (AvgIpc) is 3.77. The van der Waals surface area contributed by atoms with E-state index in [0.717, 1.165) is 17.7 Å². The van der Waals surface area contributed by atoms with Crippen molar-refractivity contribution in [1.29, 1.82) is 0 Å². The van der Waals surface area contributed by atoms with Gasteiger partial charge in [-0.3, -0.25) is 33.8 Å². The number of alkyl halides is 3. The Balaban J connectivity index is 0.765. The van der Waals surface area contributed by atoms with Crippen LogP contribution in [0.5, 0.6) is 0 Å². The highest BCUT2D eigenvalue weighted by atomic mass is 19.4. The third-order valence-corrected chi connectivity index (χ3v) is 11.8. The number of carbonyl (C=O) groups excluding carboxylic acids is 6. The lowest BCUT2D eigenvalue weighted by atomic mass is 9.85. The van der Waals surface area contributed by atoms with Gasteiger partial charge in [-0.15, -0.1) is 0 Å². The van der Waals surface area contributed by atoms with Crippen LogP contribution in [0.2, 0.25) is 0 Å². The minimum Gasteiger partial charge on any atom is -0.381 e. The smallest absolute Gasteiger partial charge is 0.381 e. The Hall–Kier alpha value is -5.92. The summed E-state index contributed by atoms with van der Waals surface area (Å²) in [6, 6.07) is 5.71. The number of aromatic nitrogens is 3. The van der Waals surface area contributed by atoms with Gasteiger partial charge in [-0.2, -0.15) is 13.2 Å². The summed E-state index contributed by atoms with van der Waals surface area (Å²) in [5, 5.41) is 14.8. The molecule has 17 nitrogen and oxygen atoms in total. The lowest BCUT2D eigenvalue weighted by Crippen LogP contribution is -2.43. The van der Waals surface area contributed by atoms with Crippen molar-refractivity contribution in [2.45, 2.75) is 88.5 Å². The standard InChI is InChI=1S/C43H55F3N10O7/c1-55-37(59)24-32(38(55)28-5-2-15-47-25-28)41(61)49-16-3-6-35(57)48-17-4-21-63-22-14-36(58)53-30-10-7-27(8-11-30)40(60)50-18-20-56-19-13-34(42(56)62)54-39-31-23-29(43(44,45)46)9-12-33(31)51-26-52-39/h2,5,9,12,15,23,25-27,30,32,34,38H,3-4,6-8,10-11,13-14,16-22,24H2,1H3,(H,48,57)(H,49,61)(H,50,60)(H,53,58)(H,51,52,54)/t27?,30?,32-,34-,38+/m0/s1. The van der Waals surface area contributed by atoms with Crippen molar-refractivity contribution in [2.24, 2.45) is 11.8 Å². The van der Waals surface area contributed by atoms with Gasteiger partial charge in [0, 0.05) is 95.4 Å². The summed E-state index contributed by atoms with van der Waals surface area (Å²) in [4.78, 5) is 91.5. The summed E-state index contributed by atoms with van der Waals surface area (Å²) in [5.74, 6) is -1.53. The number of nitrogens with one attached hydrogen (secondary N) is 5. The summed E-state index contributed by atoms with van der Waals surface area (Å²) in [6.07, 6.45) is 4.51. The van der Waals surface area contributed by atoms with Crippen LogP contribution in [0.3, 0.4) is 0 Å². The number of fused-ring (bicyclic) bond motifs is 1. The molecule has 2 aromatic heterocycles. The number of halogens is 3. The maximum absolute atomic E-state index is 13.3. The number of pyridine rings is 1. The van der Waals surface area contributed by atoms with E-state index in [1.165, 1.54) is 12.4 Å². The minimum absolute atomic E-state index is 0.0406. The molecule has 3 aliphatic rings. The highest BCUT2D eigenvalue weighted by Crippen LogP contribution is 2.37. The van der Waals surface area contributed by atoms with Crippen molar-refractivity contribution in [3.05, 3.63) is 60.2 Å². The number of amides is 6. The average molecular weight is 881 g/mol. The molecule has 3 fully saturated rings. The van der Waals surface area contributed by atoms with E-state index in [4.69, 9.17) is 4.74 Å². The van der Waals surface area contributed by atoms with Crippen LogP contribution in [0.15, 0.2) is 49.1 Å². The van der Waals surface area contributed by atoms with Gasteiger partial charge in [0.25, 0.3) is 0 Å². The second kappa shape index (κ2) is 21.9. The molecule has 2 saturated heterocycles. The highest BCUT2D eigenvalue weighted by Gasteiger charge is 2.42. The molecule has 6 amide bonds. The number of likely N-dealkylation sites (tertiary alicyclic amines) is 2. The van der Waals surface area contributed by atoms with Gasteiger partial charge in [-0.05, 0) is 74.8 Å². The Kier molecular flexibility index (Phi) is 16.2. The highest BCUT2D eigenvalue weighted by molar-refractivity contribution is 5.93. The van der Waals surface area contributed by atoms with Crippen LogP contribution in [0, 0.1) is 11.8 Å². The van der Waals surface area contributed by atoms with E-state index in [1.807, 2.05) is 6.07 Å². The fourth-order valence-electron chi connectivity index (χ4n) is 8.33. The fraction of sp³-hybridized carbons (Fsp3) is 0.558. The Morgan fingerprint density at radius 1 is 0.873 bits per heavy atom. The summed E-state index contributed by atoms with van der Waals surface area (Å²) in [6.45, 7) is 2.29. The lowest BCUT2D eigenvalue weighted by molar-refractivity contribution is -0.137. The van der Waals surface area contributed by atoms with Crippen LogP contribution in [-0.4, -0.2) is 125 Å². The molecule has 63 heavy (non-hydrogen) atoms. The number of carbonyl (C=O) groups is 6. The quantitative estimate of drug-likeness (QED) is 0.104. The number of ether oxygens (including phenoxy) is 1. The van der Waals surface area contributed by atoms with Crippen molar-refractivity contribution in [3.63, 3.8) is 0 Å². The largest absolute Gasteiger partial charge is 0.416 e. The van der Waals surface area contributed by atoms with E-state index in [-0.39, 0.29) is 104 Å². The summed E-state index contributed by atoms with van der Waals surface area (Å²) in [7, 11) is 1.68. The van der Waals surface area contributed by atoms with E-state index >= 15 is 0 Å². The van der Waals surface area contributed by atoms with E-state index in [1.54, 1.807) is 35.3 Å². The number of rotatable bonds is 20. The van der Waals surface area contributed by atoms with E-state index in [0.29, 0.717) is 76.7 Å². The number of hydrogen-bond acceptors (Lipinski definition) is 11. The van der Waals surface area contributed by atoms with Gasteiger partial charge in [0.1, 0.15) is 18.2 Å². The zero-order valence-electron chi connectivity index (χ0n) is 35.3. The van der Waals surface area contributed by atoms with E-state index in [2.05, 4.69) is 41.5 Å². The van der Waals surface area contributed by atoms with Gasteiger partial charge in [0.15, 0.2) is 0 Å².